The molecule has 4 rings (SSSR count). The lowest BCUT2D eigenvalue weighted by Gasteiger charge is -2.29. The molecule has 1 aliphatic rings. The van der Waals surface area contributed by atoms with Gasteiger partial charge in [0.2, 0.25) is 10.0 Å². The molecule has 3 heterocycles. The van der Waals surface area contributed by atoms with E-state index in [2.05, 4.69) is 9.71 Å². The zero-order valence-electron chi connectivity index (χ0n) is 16.3. The number of benzene rings is 1. The van der Waals surface area contributed by atoms with Crippen molar-refractivity contribution in [2.45, 2.75) is 29.9 Å². The number of hydrogen-bond acceptors (Lipinski definition) is 7. The van der Waals surface area contributed by atoms with Crippen molar-refractivity contribution in [2.24, 2.45) is 0 Å². The molecule has 0 spiro atoms. The molecule has 1 aliphatic heterocycles. The molecule has 0 bridgehead atoms. The van der Waals surface area contributed by atoms with Gasteiger partial charge in [0.15, 0.2) is 5.13 Å². The maximum absolute atomic E-state index is 13.0. The fourth-order valence-electron chi connectivity index (χ4n) is 3.59. The summed E-state index contributed by atoms with van der Waals surface area (Å²) in [6.07, 6.45) is 2.77. The number of thiazole rings is 1. The van der Waals surface area contributed by atoms with Crippen LogP contribution in [0.25, 0.3) is 10.1 Å². The summed E-state index contributed by atoms with van der Waals surface area (Å²) in [7, 11) is -7.06. The number of anilines is 1. The Labute approximate surface area is 188 Å². The highest BCUT2D eigenvalue weighted by atomic mass is 35.5. The fourth-order valence-corrected chi connectivity index (χ4v) is 8.47. The molecule has 2 aromatic heterocycles. The Morgan fingerprint density at radius 1 is 1.27 bits per heavy atom. The van der Waals surface area contributed by atoms with Gasteiger partial charge in [-0.25, -0.2) is 26.1 Å². The SMILES string of the molecule is Cc1c(S(=O)(=O)Nc2nc(C3CCCN(S(C)(=O)=O)C3)cs2)sc2ccc(Cl)cc12. The van der Waals surface area contributed by atoms with Crippen molar-refractivity contribution in [1.29, 1.82) is 0 Å². The number of aryl methyl sites for hydroxylation is 1. The average Bonchev–Trinajstić information content (AvgIpc) is 3.26. The van der Waals surface area contributed by atoms with Gasteiger partial charge >= 0.3 is 0 Å². The number of sulfonamides is 2. The van der Waals surface area contributed by atoms with Gasteiger partial charge in [0.25, 0.3) is 10.0 Å². The minimum absolute atomic E-state index is 0.0452. The van der Waals surface area contributed by atoms with Crippen molar-refractivity contribution >= 4 is 69.5 Å². The second kappa shape index (κ2) is 8.03. The van der Waals surface area contributed by atoms with Crippen LogP contribution in [-0.4, -0.2) is 45.5 Å². The molecule has 1 saturated heterocycles. The van der Waals surface area contributed by atoms with Crippen molar-refractivity contribution in [3.8, 4) is 0 Å². The van der Waals surface area contributed by atoms with Gasteiger partial charge < -0.3 is 0 Å². The van der Waals surface area contributed by atoms with Crippen LogP contribution in [0.1, 0.15) is 30.0 Å². The van der Waals surface area contributed by atoms with Crippen LogP contribution in [0.15, 0.2) is 27.8 Å². The van der Waals surface area contributed by atoms with Crippen LogP contribution in [0.3, 0.4) is 0 Å². The first kappa shape index (κ1) is 22.0. The molecule has 30 heavy (non-hydrogen) atoms. The van der Waals surface area contributed by atoms with Crippen molar-refractivity contribution in [3.63, 3.8) is 0 Å². The molecule has 1 fully saturated rings. The molecule has 0 aliphatic carbocycles. The summed E-state index contributed by atoms with van der Waals surface area (Å²) in [5.41, 5.74) is 1.36. The molecule has 0 radical (unpaired) electrons. The molecule has 1 atom stereocenters. The fraction of sp³-hybridized carbons (Fsp3) is 0.389. The number of halogens is 1. The van der Waals surface area contributed by atoms with E-state index in [1.54, 1.807) is 24.4 Å². The van der Waals surface area contributed by atoms with E-state index in [9.17, 15) is 16.8 Å². The van der Waals surface area contributed by atoms with Crippen molar-refractivity contribution in [2.75, 3.05) is 24.1 Å². The number of nitrogens with one attached hydrogen (secondary N) is 1. The molecule has 12 heteroatoms. The summed E-state index contributed by atoms with van der Waals surface area (Å²) in [6, 6.07) is 5.31. The number of rotatable bonds is 5. The summed E-state index contributed by atoms with van der Waals surface area (Å²) < 4.78 is 54.8. The summed E-state index contributed by atoms with van der Waals surface area (Å²) in [6.45, 7) is 2.64. The van der Waals surface area contributed by atoms with Crippen LogP contribution < -0.4 is 4.72 Å². The Kier molecular flexibility index (Phi) is 5.88. The van der Waals surface area contributed by atoms with E-state index < -0.39 is 20.0 Å². The number of aromatic nitrogens is 1. The number of fused-ring (bicyclic) bond motifs is 1. The highest BCUT2D eigenvalue weighted by molar-refractivity contribution is 7.95. The minimum atomic E-state index is -3.80. The predicted octanol–water partition coefficient (Wildman–Crippen LogP) is 4.26. The van der Waals surface area contributed by atoms with Gasteiger partial charge in [-0.05, 0) is 48.9 Å². The lowest BCUT2D eigenvalue weighted by molar-refractivity contribution is 0.315. The summed E-state index contributed by atoms with van der Waals surface area (Å²) in [5.74, 6) is -0.0452. The lowest BCUT2D eigenvalue weighted by atomic mass is 9.97. The third-order valence-corrected chi connectivity index (χ3v) is 10.8. The van der Waals surface area contributed by atoms with E-state index in [4.69, 9.17) is 11.6 Å². The number of hydrogen-bond donors (Lipinski definition) is 1. The largest absolute Gasteiger partial charge is 0.273 e. The second-order valence-corrected chi connectivity index (χ2v) is 13.5. The van der Waals surface area contributed by atoms with E-state index in [0.717, 1.165) is 22.9 Å². The van der Waals surface area contributed by atoms with E-state index in [-0.39, 0.29) is 15.3 Å². The zero-order chi connectivity index (χ0) is 21.7. The summed E-state index contributed by atoms with van der Waals surface area (Å²) in [5, 5.41) is 3.44. The van der Waals surface area contributed by atoms with E-state index in [1.807, 2.05) is 6.07 Å². The Bertz CT molecular complexity index is 1310. The van der Waals surface area contributed by atoms with Crippen molar-refractivity contribution < 1.29 is 16.8 Å². The number of piperidine rings is 1. The normalized spacial score (nSPS) is 18.7. The molecule has 1 N–H and O–H groups in total. The van der Waals surface area contributed by atoms with Crippen LogP contribution in [0, 0.1) is 6.92 Å². The first-order chi connectivity index (χ1) is 14.0. The standard InChI is InChI=1S/C18H20ClN3O4S4/c1-11-14-8-13(19)5-6-16(14)28-17(11)30(25,26)21-18-20-15(10-27-18)12-4-3-7-22(9-12)29(2,23)24/h5-6,8,10,12H,3-4,7,9H2,1-2H3,(H,20,21). The summed E-state index contributed by atoms with van der Waals surface area (Å²) in [4.78, 5) is 4.45. The lowest BCUT2D eigenvalue weighted by Crippen LogP contribution is -2.38. The third-order valence-electron chi connectivity index (χ3n) is 5.11. The second-order valence-electron chi connectivity index (χ2n) is 7.30. The Balaban J connectivity index is 1.57. The van der Waals surface area contributed by atoms with Gasteiger partial charge in [-0.3, -0.25) is 4.72 Å². The van der Waals surface area contributed by atoms with E-state index in [1.165, 1.54) is 33.2 Å². The minimum Gasteiger partial charge on any atom is -0.254 e. The number of nitrogens with zero attached hydrogens (tertiary/aromatic N) is 2. The topological polar surface area (TPSA) is 96.4 Å². The Morgan fingerprint density at radius 2 is 2.03 bits per heavy atom. The Hall–Kier alpha value is -1.24. The van der Waals surface area contributed by atoms with E-state index >= 15 is 0 Å². The first-order valence-electron chi connectivity index (χ1n) is 9.16. The van der Waals surface area contributed by atoms with Crippen LogP contribution in [0.2, 0.25) is 5.02 Å². The predicted molar refractivity (Wildman–Crippen MR) is 123 cm³/mol. The van der Waals surface area contributed by atoms with Crippen LogP contribution in [0.4, 0.5) is 5.13 Å². The van der Waals surface area contributed by atoms with Gasteiger partial charge in [0.05, 0.1) is 11.9 Å². The monoisotopic (exact) mass is 505 g/mol. The first-order valence-corrected chi connectivity index (χ1v) is 14.6. The zero-order valence-corrected chi connectivity index (χ0v) is 20.3. The molecule has 0 amide bonds. The molecular formula is C18H20ClN3O4S4. The van der Waals surface area contributed by atoms with Crippen molar-refractivity contribution in [1.82, 2.24) is 9.29 Å². The molecule has 7 nitrogen and oxygen atoms in total. The summed E-state index contributed by atoms with van der Waals surface area (Å²) >= 11 is 8.44. The van der Waals surface area contributed by atoms with Crippen LogP contribution >= 0.6 is 34.3 Å². The smallest absolute Gasteiger partial charge is 0.254 e. The average molecular weight is 506 g/mol. The van der Waals surface area contributed by atoms with Gasteiger partial charge in [-0.1, -0.05) is 11.6 Å². The molecular weight excluding hydrogens is 486 g/mol. The molecule has 3 aromatic rings. The van der Waals surface area contributed by atoms with Crippen molar-refractivity contribution in [3.05, 3.63) is 39.9 Å². The molecule has 162 valence electrons. The maximum atomic E-state index is 13.0. The number of thiophene rings is 1. The highest BCUT2D eigenvalue weighted by Gasteiger charge is 2.29. The third kappa shape index (κ3) is 4.37. The van der Waals surface area contributed by atoms with E-state index in [0.29, 0.717) is 29.4 Å². The van der Waals surface area contributed by atoms with Gasteiger partial charge in [0.1, 0.15) is 4.21 Å². The molecule has 1 aromatic carbocycles. The molecule has 0 saturated carbocycles. The van der Waals surface area contributed by atoms with Crippen LogP contribution in [-0.2, 0) is 20.0 Å². The molecule has 1 unspecified atom stereocenters. The van der Waals surface area contributed by atoms with Gasteiger partial charge in [0, 0.05) is 34.1 Å². The maximum Gasteiger partial charge on any atom is 0.273 e. The van der Waals surface area contributed by atoms with Gasteiger partial charge in [-0.2, -0.15) is 0 Å². The van der Waals surface area contributed by atoms with Gasteiger partial charge in [-0.15, -0.1) is 22.7 Å². The highest BCUT2D eigenvalue weighted by Crippen LogP contribution is 2.37. The quantitative estimate of drug-likeness (QED) is 0.558. The van der Waals surface area contributed by atoms with Crippen LogP contribution in [0.5, 0.6) is 0 Å². The Morgan fingerprint density at radius 3 is 2.77 bits per heavy atom.